The predicted octanol–water partition coefficient (Wildman–Crippen LogP) is 4.33. The maximum atomic E-state index is 13.2. The molecule has 6 rings (SSSR count). The number of nitrogens with zero attached hydrogens (tertiary/aromatic N) is 2. The third kappa shape index (κ3) is 3.74. The van der Waals surface area contributed by atoms with Crippen LogP contribution in [-0.2, 0) is 0 Å². The molecule has 5 aliphatic rings. The van der Waals surface area contributed by atoms with Crippen LogP contribution < -0.4 is 11.4 Å². The van der Waals surface area contributed by atoms with Gasteiger partial charge in [0.1, 0.15) is 0 Å². The summed E-state index contributed by atoms with van der Waals surface area (Å²) in [4.78, 5) is 28.7. The second-order valence-corrected chi connectivity index (χ2v) is 13.7. The predicted molar refractivity (Wildman–Crippen MR) is 142 cm³/mol. The minimum atomic E-state index is -0.678. The molecule has 0 aromatic carbocycles. The molecule has 4 aliphatic carbocycles. The second kappa shape index (κ2) is 8.84. The van der Waals surface area contributed by atoms with E-state index in [4.69, 9.17) is 10.2 Å². The number of urea groups is 1. The molecule has 1 saturated heterocycles. The summed E-state index contributed by atoms with van der Waals surface area (Å²) in [5.74, 6) is 1.66. The molecule has 3 N–H and O–H groups in total. The number of hydrogen-bond acceptors (Lipinski definition) is 5. The van der Waals surface area contributed by atoms with E-state index >= 15 is 0 Å². The number of nitrogens with two attached hydrogens (primary N) is 1. The lowest BCUT2D eigenvalue weighted by atomic mass is 9.43. The Labute approximate surface area is 220 Å². The average molecular weight is 512 g/mol. The van der Waals surface area contributed by atoms with E-state index in [9.17, 15) is 14.7 Å². The quantitative estimate of drug-likeness (QED) is 0.616. The molecule has 2 amide bonds. The fourth-order valence-electron chi connectivity index (χ4n) is 10.00. The minimum absolute atomic E-state index is 0.112. The lowest BCUT2D eigenvalue weighted by molar-refractivity contribution is -0.203. The van der Waals surface area contributed by atoms with Crippen molar-refractivity contribution in [3.63, 3.8) is 0 Å². The second-order valence-electron chi connectivity index (χ2n) is 13.7. The summed E-state index contributed by atoms with van der Waals surface area (Å²) >= 11 is 0. The first kappa shape index (κ1) is 25.4. The van der Waals surface area contributed by atoms with Crippen LogP contribution in [0.5, 0.6) is 0 Å². The summed E-state index contributed by atoms with van der Waals surface area (Å²) in [6.07, 6.45) is 11.9. The molecule has 37 heavy (non-hydrogen) atoms. The van der Waals surface area contributed by atoms with Crippen LogP contribution in [0.4, 0.5) is 4.79 Å². The minimum Gasteiger partial charge on any atom is -0.431 e. The normalized spacial score (nSPS) is 45.2. The van der Waals surface area contributed by atoms with E-state index in [1.807, 2.05) is 22.9 Å². The Morgan fingerprint density at radius 2 is 1.89 bits per heavy atom. The van der Waals surface area contributed by atoms with Crippen molar-refractivity contribution >= 4 is 6.03 Å². The van der Waals surface area contributed by atoms with Crippen LogP contribution in [0.3, 0.4) is 0 Å². The van der Waals surface area contributed by atoms with E-state index in [-0.39, 0.29) is 34.4 Å². The van der Waals surface area contributed by atoms with Crippen molar-refractivity contribution in [2.45, 2.75) is 102 Å². The van der Waals surface area contributed by atoms with Crippen LogP contribution >= 0.6 is 0 Å². The van der Waals surface area contributed by atoms with Gasteiger partial charge in [0.2, 0.25) is 0 Å². The van der Waals surface area contributed by atoms with Crippen molar-refractivity contribution < 1.29 is 14.3 Å². The van der Waals surface area contributed by atoms with Gasteiger partial charge in [-0.15, -0.1) is 0 Å². The van der Waals surface area contributed by atoms with E-state index in [2.05, 4.69) is 13.8 Å². The fourth-order valence-corrected chi connectivity index (χ4v) is 10.00. The number of hydrogen-bond donors (Lipinski definition) is 2. The van der Waals surface area contributed by atoms with Gasteiger partial charge in [-0.05, 0) is 105 Å². The van der Waals surface area contributed by atoms with Crippen molar-refractivity contribution in [2.75, 3.05) is 20.1 Å². The highest BCUT2D eigenvalue weighted by atomic mass is 16.4. The molecular weight excluding hydrogens is 466 g/mol. The summed E-state index contributed by atoms with van der Waals surface area (Å²) < 4.78 is 5.23. The molecule has 5 fully saturated rings. The summed E-state index contributed by atoms with van der Waals surface area (Å²) in [6.45, 7) is 6.24. The molecule has 1 aliphatic heterocycles. The van der Waals surface area contributed by atoms with E-state index in [0.29, 0.717) is 30.3 Å². The zero-order valence-electron chi connectivity index (χ0n) is 22.8. The first-order valence-electron chi connectivity index (χ1n) is 14.7. The molecule has 2 heterocycles. The van der Waals surface area contributed by atoms with Gasteiger partial charge in [-0.25, -0.2) is 9.59 Å². The first-order valence-corrected chi connectivity index (χ1v) is 14.7. The van der Waals surface area contributed by atoms with Gasteiger partial charge in [0, 0.05) is 43.7 Å². The third-order valence-electron chi connectivity index (χ3n) is 12.3. The summed E-state index contributed by atoms with van der Waals surface area (Å²) in [5, 5.41) is 12.5. The maximum Gasteiger partial charge on any atom is 0.335 e. The molecule has 7 nitrogen and oxygen atoms in total. The van der Waals surface area contributed by atoms with Crippen molar-refractivity contribution in [3.05, 3.63) is 34.4 Å². The Bertz CT molecular complexity index is 1090. The van der Waals surface area contributed by atoms with E-state index in [1.54, 1.807) is 6.26 Å². The Hall–Kier alpha value is -1.86. The van der Waals surface area contributed by atoms with Crippen LogP contribution in [0.25, 0.3) is 0 Å². The van der Waals surface area contributed by atoms with E-state index in [1.165, 1.54) is 6.07 Å². The van der Waals surface area contributed by atoms with Crippen LogP contribution in [0, 0.1) is 28.6 Å². The molecule has 0 spiro atoms. The number of likely N-dealkylation sites (tertiary alicyclic amines) is 1. The molecular formula is C30H45N3O4. The van der Waals surface area contributed by atoms with Crippen LogP contribution in [0.2, 0.25) is 0 Å². The highest BCUT2D eigenvalue weighted by Crippen LogP contribution is 2.70. The van der Waals surface area contributed by atoms with Gasteiger partial charge < -0.3 is 25.1 Å². The lowest BCUT2D eigenvalue weighted by Gasteiger charge is -2.64. The van der Waals surface area contributed by atoms with Gasteiger partial charge >= 0.3 is 11.7 Å². The van der Waals surface area contributed by atoms with Crippen LogP contribution in [-0.4, -0.2) is 58.8 Å². The van der Waals surface area contributed by atoms with Gasteiger partial charge in [0.05, 0.1) is 11.9 Å². The summed E-state index contributed by atoms with van der Waals surface area (Å²) in [6, 6.07) is 3.98. The maximum absolute atomic E-state index is 13.2. The number of carbonyl (C=O) groups is 1. The van der Waals surface area contributed by atoms with Crippen molar-refractivity contribution in [3.8, 4) is 0 Å². The zero-order chi connectivity index (χ0) is 26.2. The molecule has 1 aromatic rings. The van der Waals surface area contributed by atoms with Gasteiger partial charge in [-0.1, -0.05) is 13.8 Å². The molecule has 0 radical (unpaired) electrons. The van der Waals surface area contributed by atoms with Gasteiger partial charge in [-0.2, -0.15) is 0 Å². The molecule has 204 valence electrons. The van der Waals surface area contributed by atoms with Crippen LogP contribution in [0.1, 0.15) is 89.5 Å². The highest BCUT2D eigenvalue weighted by molar-refractivity contribution is 5.75. The van der Waals surface area contributed by atoms with Crippen molar-refractivity contribution in [1.82, 2.24) is 9.80 Å². The van der Waals surface area contributed by atoms with Gasteiger partial charge in [-0.3, -0.25) is 0 Å². The Morgan fingerprint density at radius 1 is 1.08 bits per heavy atom. The monoisotopic (exact) mass is 511 g/mol. The van der Waals surface area contributed by atoms with E-state index in [0.717, 1.165) is 76.3 Å². The van der Waals surface area contributed by atoms with Crippen molar-refractivity contribution in [2.24, 2.45) is 34.3 Å². The molecule has 7 heteroatoms. The van der Waals surface area contributed by atoms with Crippen molar-refractivity contribution in [1.29, 1.82) is 0 Å². The Balaban J connectivity index is 1.19. The fraction of sp³-hybridized carbons (Fsp3) is 0.800. The van der Waals surface area contributed by atoms with Gasteiger partial charge in [0.25, 0.3) is 0 Å². The topological polar surface area (TPSA) is 100 Å². The number of fused-ring (bicyclic) bond motifs is 5. The Kier molecular flexibility index (Phi) is 6.07. The third-order valence-corrected chi connectivity index (χ3v) is 12.3. The first-order chi connectivity index (χ1) is 17.6. The zero-order valence-corrected chi connectivity index (χ0v) is 22.8. The highest BCUT2D eigenvalue weighted by Gasteiger charge is 2.67. The number of carbonyl (C=O) groups excluding carboxylic acids is 1. The molecule has 9 atom stereocenters. The molecule has 0 bridgehead atoms. The summed E-state index contributed by atoms with van der Waals surface area (Å²) in [5.41, 5.74) is 6.15. The number of rotatable bonds is 2. The largest absolute Gasteiger partial charge is 0.431 e. The van der Waals surface area contributed by atoms with Gasteiger partial charge in [0.15, 0.2) is 0 Å². The number of aliphatic hydroxyl groups is 1. The smallest absolute Gasteiger partial charge is 0.335 e. The van der Waals surface area contributed by atoms with E-state index < -0.39 is 5.60 Å². The number of amides is 2. The molecule has 4 saturated carbocycles. The SMILES string of the molecule is CN(C(=O)N1CC[C@@H](N)C1)[C@H]1CC[C@@]2(C)[C@H](CC[C@@H]3[C@@H]2CC[C@]2(C)[C@@H](c4ccc(=O)oc4)CC[C@]32O)C1. The Morgan fingerprint density at radius 3 is 2.59 bits per heavy atom. The molecule has 1 aromatic heterocycles. The standard InChI is InChI=1S/C30H45N3O4/c1-28-12-8-22(32(3)27(35)33-15-11-21(31)17-33)16-20(28)5-6-25-24(28)9-13-29(2)23(10-14-30(25,29)36)19-4-7-26(34)37-18-19/h4,7,18,20-25,36H,5-6,8-17,31H2,1-3H3/t20-,21-,22+,23-,24+,25-,28+,29-,30+/m1/s1. The lowest BCUT2D eigenvalue weighted by Crippen LogP contribution is -2.62. The molecule has 0 unspecified atom stereocenters. The van der Waals surface area contributed by atoms with Crippen LogP contribution in [0.15, 0.2) is 27.6 Å². The average Bonchev–Trinajstić information content (AvgIpc) is 3.43. The summed E-state index contributed by atoms with van der Waals surface area (Å²) in [7, 11) is 1.99.